The Morgan fingerprint density at radius 3 is 2.31 bits per heavy atom. The number of aliphatic hydroxyl groups excluding tert-OH is 4. The molecule has 3 aliphatic carbocycles. The number of carbonyl (C=O) groups excluding carboxylic acids is 1. The number of fused-ring (bicyclic) bond motifs is 5. The number of hydrogen-bond acceptors (Lipinski definition) is 6. The summed E-state index contributed by atoms with van der Waals surface area (Å²) < 4.78 is 5.87. The van der Waals surface area contributed by atoms with E-state index >= 15 is 0 Å². The van der Waals surface area contributed by atoms with Crippen LogP contribution in [-0.4, -0.2) is 57.4 Å². The summed E-state index contributed by atoms with van der Waals surface area (Å²) in [5, 5.41) is 43.1. The number of aliphatic hydroxyl groups is 4. The maximum absolute atomic E-state index is 13.0. The van der Waals surface area contributed by atoms with Gasteiger partial charge in [-0.05, 0) is 97.4 Å². The molecule has 5 unspecified atom stereocenters. The smallest absolute Gasteiger partial charge is 0.309 e. The van der Waals surface area contributed by atoms with Crippen LogP contribution in [0, 0.1) is 52.3 Å². The highest BCUT2D eigenvalue weighted by Gasteiger charge is 2.63. The molecule has 12 atom stereocenters. The standard InChI is InChI=1S/C29H48O6/c1-7-17(15(2)3)26(33)25(32)16(4)19-8-9-20-18-14-35-27(34)22-12-23(30)24(31)13-29(22,6)21(18)10-11-28(19,20)5/h7,15-16,18-26,30-33H,8-14H2,1-6H3/b17-7-/t16-,18?,19?,20?,21?,22?,23-,24+,25+,26+,28+,29+/m0/s1. The molecule has 4 N–H and O–H groups in total. The van der Waals surface area contributed by atoms with Crippen LogP contribution >= 0.6 is 0 Å². The van der Waals surface area contributed by atoms with Gasteiger partial charge in [0.2, 0.25) is 0 Å². The van der Waals surface area contributed by atoms with Crippen molar-refractivity contribution in [3.63, 3.8) is 0 Å². The first-order valence-electron chi connectivity index (χ1n) is 13.9. The monoisotopic (exact) mass is 492 g/mol. The summed E-state index contributed by atoms with van der Waals surface area (Å²) >= 11 is 0. The van der Waals surface area contributed by atoms with Gasteiger partial charge in [0.05, 0.1) is 30.8 Å². The zero-order valence-corrected chi connectivity index (χ0v) is 22.5. The second kappa shape index (κ2) is 9.74. The normalized spacial score (nSPS) is 46.7. The molecule has 6 heteroatoms. The summed E-state index contributed by atoms with van der Waals surface area (Å²) in [6.07, 6.45) is 3.28. The maximum atomic E-state index is 13.0. The fourth-order valence-electron chi connectivity index (χ4n) is 9.26. The highest BCUT2D eigenvalue weighted by atomic mass is 16.5. The number of rotatable bonds is 5. The quantitative estimate of drug-likeness (QED) is 0.344. The maximum Gasteiger partial charge on any atom is 0.309 e. The van der Waals surface area contributed by atoms with E-state index in [1.54, 1.807) is 0 Å². The van der Waals surface area contributed by atoms with Gasteiger partial charge in [-0.15, -0.1) is 0 Å². The Morgan fingerprint density at radius 1 is 1.03 bits per heavy atom. The molecule has 3 saturated carbocycles. The van der Waals surface area contributed by atoms with Gasteiger partial charge in [-0.25, -0.2) is 0 Å². The lowest BCUT2D eigenvalue weighted by atomic mass is 9.48. The summed E-state index contributed by atoms with van der Waals surface area (Å²) in [5.41, 5.74) is 0.515. The van der Waals surface area contributed by atoms with Crippen LogP contribution in [0.3, 0.4) is 0 Å². The van der Waals surface area contributed by atoms with E-state index in [4.69, 9.17) is 4.74 Å². The predicted octanol–water partition coefficient (Wildman–Crippen LogP) is 3.70. The molecule has 6 nitrogen and oxygen atoms in total. The van der Waals surface area contributed by atoms with Gasteiger partial charge in [0.1, 0.15) is 6.10 Å². The average Bonchev–Trinajstić information content (AvgIpc) is 3.11. The minimum Gasteiger partial charge on any atom is -0.465 e. The van der Waals surface area contributed by atoms with Crippen molar-refractivity contribution >= 4 is 5.97 Å². The lowest BCUT2D eigenvalue weighted by Crippen LogP contribution is -2.55. The van der Waals surface area contributed by atoms with Gasteiger partial charge in [0.25, 0.3) is 0 Å². The van der Waals surface area contributed by atoms with E-state index in [1.165, 1.54) is 0 Å². The summed E-state index contributed by atoms with van der Waals surface area (Å²) in [4.78, 5) is 13.0. The number of esters is 1. The van der Waals surface area contributed by atoms with Gasteiger partial charge in [-0.3, -0.25) is 4.79 Å². The molecule has 0 bridgehead atoms. The van der Waals surface area contributed by atoms with E-state index in [9.17, 15) is 25.2 Å². The predicted molar refractivity (Wildman–Crippen MR) is 134 cm³/mol. The van der Waals surface area contributed by atoms with Crippen LogP contribution in [0.1, 0.15) is 80.1 Å². The van der Waals surface area contributed by atoms with Crippen LogP contribution in [0.2, 0.25) is 0 Å². The van der Waals surface area contributed by atoms with Crippen LogP contribution in [0.5, 0.6) is 0 Å². The molecule has 0 spiro atoms. The molecule has 1 saturated heterocycles. The van der Waals surface area contributed by atoms with Gasteiger partial charge in [-0.2, -0.15) is 0 Å². The fourth-order valence-corrected chi connectivity index (χ4v) is 9.26. The molecule has 0 aromatic heterocycles. The van der Waals surface area contributed by atoms with Crippen molar-refractivity contribution in [1.29, 1.82) is 0 Å². The SMILES string of the molecule is C/C=C(/C(C)C)[C@@H](O)[C@H](O)[C@@H](C)C1CCC2C3COC(=O)C4C[C@H](O)[C@H](O)C[C@]4(C)C3CC[C@@]21C. The van der Waals surface area contributed by atoms with Crippen molar-refractivity contribution in [2.45, 2.75) is 104 Å². The van der Waals surface area contributed by atoms with Crippen LogP contribution < -0.4 is 0 Å². The fraction of sp³-hybridized carbons (Fsp3) is 0.897. The van der Waals surface area contributed by atoms with Crippen molar-refractivity contribution in [1.82, 2.24) is 0 Å². The third-order valence-corrected chi connectivity index (χ3v) is 11.3. The first-order chi connectivity index (χ1) is 16.4. The number of ether oxygens (including phenoxy) is 1. The largest absolute Gasteiger partial charge is 0.465 e. The summed E-state index contributed by atoms with van der Waals surface area (Å²) in [6.45, 7) is 13.0. The molecule has 4 fully saturated rings. The van der Waals surface area contributed by atoms with E-state index in [2.05, 4.69) is 20.8 Å². The van der Waals surface area contributed by atoms with Crippen molar-refractivity contribution in [3.8, 4) is 0 Å². The topological polar surface area (TPSA) is 107 Å². The number of hydrogen-bond donors (Lipinski definition) is 4. The molecule has 4 aliphatic rings. The van der Waals surface area contributed by atoms with Gasteiger partial charge in [0.15, 0.2) is 0 Å². The van der Waals surface area contributed by atoms with Gasteiger partial charge in [-0.1, -0.05) is 40.7 Å². The molecular weight excluding hydrogens is 444 g/mol. The zero-order chi connectivity index (χ0) is 25.9. The number of cyclic esters (lactones) is 1. The molecular formula is C29H48O6. The van der Waals surface area contributed by atoms with Gasteiger partial charge < -0.3 is 25.2 Å². The van der Waals surface area contributed by atoms with Crippen molar-refractivity contribution < 1.29 is 30.0 Å². The molecule has 0 radical (unpaired) electrons. The third kappa shape index (κ3) is 4.30. The molecule has 1 aliphatic heterocycles. The molecule has 0 aromatic rings. The highest BCUT2D eigenvalue weighted by molar-refractivity contribution is 5.74. The lowest BCUT2D eigenvalue weighted by Gasteiger charge is -2.56. The lowest BCUT2D eigenvalue weighted by molar-refractivity contribution is -0.162. The average molecular weight is 493 g/mol. The summed E-state index contributed by atoms with van der Waals surface area (Å²) in [6, 6.07) is 0. The Hall–Kier alpha value is -0.950. The molecule has 4 rings (SSSR count). The van der Waals surface area contributed by atoms with Crippen molar-refractivity contribution in [3.05, 3.63) is 11.6 Å². The van der Waals surface area contributed by atoms with Crippen LogP contribution in [0.25, 0.3) is 0 Å². The Balaban J connectivity index is 1.58. The van der Waals surface area contributed by atoms with Gasteiger partial charge >= 0.3 is 5.97 Å². The Labute approximate surface area is 211 Å². The van der Waals surface area contributed by atoms with Crippen LogP contribution in [0.15, 0.2) is 11.6 Å². The summed E-state index contributed by atoms with van der Waals surface area (Å²) in [7, 11) is 0. The van der Waals surface area contributed by atoms with E-state index in [0.29, 0.717) is 18.9 Å². The van der Waals surface area contributed by atoms with Crippen LogP contribution in [0.4, 0.5) is 0 Å². The Kier molecular flexibility index (Phi) is 7.54. The van der Waals surface area contributed by atoms with E-state index < -0.39 is 24.4 Å². The molecule has 0 amide bonds. The summed E-state index contributed by atoms with van der Waals surface area (Å²) in [5.74, 6) is 0.676. The zero-order valence-electron chi connectivity index (χ0n) is 22.5. The van der Waals surface area contributed by atoms with E-state index in [1.807, 2.05) is 26.8 Å². The first-order valence-corrected chi connectivity index (χ1v) is 13.9. The second-order valence-electron chi connectivity index (χ2n) is 13.1. The minimum absolute atomic E-state index is 0.00457. The third-order valence-electron chi connectivity index (χ3n) is 11.3. The van der Waals surface area contributed by atoms with Crippen molar-refractivity contribution in [2.75, 3.05) is 6.61 Å². The van der Waals surface area contributed by atoms with Crippen LogP contribution in [-0.2, 0) is 9.53 Å². The van der Waals surface area contributed by atoms with Crippen molar-refractivity contribution in [2.24, 2.45) is 52.3 Å². The number of allylic oxidation sites excluding steroid dienone is 1. The minimum atomic E-state index is -0.872. The van der Waals surface area contributed by atoms with Gasteiger partial charge in [0, 0.05) is 0 Å². The molecule has 0 aromatic carbocycles. The Bertz CT molecular complexity index is 824. The number of carbonyl (C=O) groups is 1. The molecule has 1 heterocycles. The highest BCUT2D eigenvalue weighted by Crippen LogP contribution is 2.66. The molecule has 35 heavy (non-hydrogen) atoms. The molecule has 200 valence electrons. The second-order valence-corrected chi connectivity index (χ2v) is 13.1. The first kappa shape index (κ1) is 27.1. The van der Waals surface area contributed by atoms with E-state index in [-0.39, 0.29) is 58.7 Å². The Morgan fingerprint density at radius 2 is 1.69 bits per heavy atom. The van der Waals surface area contributed by atoms with E-state index in [0.717, 1.165) is 31.3 Å².